The predicted octanol–water partition coefficient (Wildman–Crippen LogP) is 1.75. The van der Waals surface area contributed by atoms with Crippen molar-refractivity contribution in [3.05, 3.63) is 22.4 Å². The highest BCUT2D eigenvalue weighted by Gasteiger charge is 2.22. The van der Waals surface area contributed by atoms with Gasteiger partial charge in [0.1, 0.15) is 0 Å². The van der Waals surface area contributed by atoms with Crippen LogP contribution in [0.1, 0.15) is 25.1 Å². The van der Waals surface area contributed by atoms with Crippen LogP contribution in [0.5, 0.6) is 0 Å². The third-order valence-electron chi connectivity index (χ3n) is 3.09. The number of aliphatic carboxylic acids is 1. The second kappa shape index (κ2) is 8.63. The molecule has 0 aliphatic rings. The van der Waals surface area contributed by atoms with Gasteiger partial charge in [0, 0.05) is 17.5 Å². The number of aliphatic hydroxyl groups excluding tert-OH is 1. The lowest BCUT2D eigenvalue weighted by Gasteiger charge is -2.27. The number of hydrogen-bond donors (Lipinski definition) is 3. The molecule has 0 spiro atoms. The van der Waals surface area contributed by atoms with E-state index in [1.807, 2.05) is 31.4 Å². The maximum atomic E-state index is 12.3. The summed E-state index contributed by atoms with van der Waals surface area (Å²) in [4.78, 5) is 25.6. The Morgan fingerprint density at radius 1 is 1.43 bits per heavy atom. The van der Waals surface area contributed by atoms with Crippen LogP contribution in [0.15, 0.2) is 17.5 Å². The Labute approximate surface area is 128 Å². The van der Waals surface area contributed by atoms with Crippen molar-refractivity contribution >= 4 is 23.3 Å². The molecule has 3 N–H and O–H groups in total. The summed E-state index contributed by atoms with van der Waals surface area (Å²) >= 11 is 1.53. The number of hydrogen-bond acceptors (Lipinski definition) is 4. The number of nitrogens with one attached hydrogen (secondary N) is 1. The van der Waals surface area contributed by atoms with Crippen LogP contribution in [0.25, 0.3) is 0 Å². The normalized spacial score (nSPS) is 12.2. The number of nitrogens with zero attached hydrogens (tertiary/aromatic N) is 1. The SMILES string of the molecule is CC(C)[C@@H](CC(=O)O)NC(=O)N(CCO)Cc1cccs1. The number of aliphatic hydroxyl groups is 1. The molecule has 1 atom stereocenters. The van der Waals surface area contributed by atoms with Crippen molar-refractivity contribution in [2.24, 2.45) is 5.92 Å². The molecule has 0 bridgehead atoms. The number of rotatable bonds is 8. The summed E-state index contributed by atoms with van der Waals surface area (Å²) in [5.74, 6) is -0.927. The average molecular weight is 314 g/mol. The van der Waals surface area contributed by atoms with E-state index in [4.69, 9.17) is 10.2 Å². The molecule has 0 aromatic carbocycles. The number of carboxylic acid groups (broad SMARTS) is 1. The minimum atomic E-state index is -0.944. The zero-order valence-corrected chi connectivity index (χ0v) is 13.1. The molecule has 7 heteroatoms. The average Bonchev–Trinajstić information content (AvgIpc) is 2.89. The molecule has 1 rings (SSSR count). The Hall–Kier alpha value is -1.60. The number of amides is 2. The number of carbonyl (C=O) groups excluding carboxylic acids is 1. The minimum absolute atomic E-state index is 0.0164. The Morgan fingerprint density at radius 3 is 2.62 bits per heavy atom. The van der Waals surface area contributed by atoms with Crippen molar-refractivity contribution < 1.29 is 19.8 Å². The zero-order chi connectivity index (χ0) is 15.8. The topological polar surface area (TPSA) is 89.9 Å². The molecule has 118 valence electrons. The van der Waals surface area contributed by atoms with E-state index in [0.717, 1.165) is 4.88 Å². The standard InChI is InChI=1S/C14H22N2O4S/c1-10(2)12(8-13(18)19)15-14(20)16(5-6-17)9-11-4-3-7-21-11/h3-4,7,10,12,17H,5-6,8-9H2,1-2H3,(H,15,20)(H,18,19)/t12-/m1/s1. The first-order chi connectivity index (χ1) is 9.93. The molecule has 0 unspecified atom stereocenters. The van der Waals surface area contributed by atoms with E-state index in [1.54, 1.807) is 0 Å². The molecule has 1 heterocycles. The highest BCUT2D eigenvalue weighted by molar-refractivity contribution is 7.09. The van der Waals surface area contributed by atoms with E-state index < -0.39 is 12.0 Å². The Balaban J connectivity index is 2.68. The second-order valence-corrected chi connectivity index (χ2v) is 6.15. The van der Waals surface area contributed by atoms with E-state index in [9.17, 15) is 9.59 Å². The Bertz CT molecular complexity index is 448. The molecule has 1 aromatic heterocycles. The van der Waals surface area contributed by atoms with Crippen molar-refractivity contribution in [1.82, 2.24) is 10.2 Å². The van der Waals surface area contributed by atoms with Crippen LogP contribution < -0.4 is 5.32 Å². The first-order valence-corrected chi connectivity index (χ1v) is 7.72. The number of carbonyl (C=O) groups is 2. The number of thiophene rings is 1. The van der Waals surface area contributed by atoms with Gasteiger partial charge >= 0.3 is 12.0 Å². The van der Waals surface area contributed by atoms with E-state index in [2.05, 4.69) is 5.32 Å². The third kappa shape index (κ3) is 6.14. The van der Waals surface area contributed by atoms with Crippen molar-refractivity contribution in [3.8, 4) is 0 Å². The molecule has 21 heavy (non-hydrogen) atoms. The van der Waals surface area contributed by atoms with Gasteiger partial charge in [0.2, 0.25) is 0 Å². The molecule has 6 nitrogen and oxygen atoms in total. The van der Waals surface area contributed by atoms with Crippen molar-refractivity contribution in [3.63, 3.8) is 0 Å². The van der Waals surface area contributed by atoms with E-state index in [1.165, 1.54) is 16.2 Å². The summed E-state index contributed by atoms with van der Waals surface area (Å²) in [5.41, 5.74) is 0. The Morgan fingerprint density at radius 2 is 2.14 bits per heavy atom. The van der Waals surface area contributed by atoms with Crippen LogP contribution in [0.4, 0.5) is 4.79 Å². The maximum Gasteiger partial charge on any atom is 0.318 e. The van der Waals surface area contributed by atoms with E-state index in [0.29, 0.717) is 6.54 Å². The lowest BCUT2D eigenvalue weighted by molar-refractivity contribution is -0.137. The quantitative estimate of drug-likeness (QED) is 0.682. The molecular formula is C14H22N2O4S. The Kier molecular flexibility index (Phi) is 7.18. The maximum absolute atomic E-state index is 12.3. The first-order valence-electron chi connectivity index (χ1n) is 6.84. The lowest BCUT2D eigenvalue weighted by Crippen LogP contribution is -2.48. The summed E-state index contributed by atoms with van der Waals surface area (Å²) in [6.45, 7) is 4.21. The third-order valence-corrected chi connectivity index (χ3v) is 3.95. The van der Waals surface area contributed by atoms with Crippen LogP contribution in [-0.2, 0) is 11.3 Å². The summed E-state index contributed by atoms with van der Waals surface area (Å²) in [5, 5.41) is 22.6. The van der Waals surface area contributed by atoms with Gasteiger partial charge in [-0.05, 0) is 17.4 Å². The summed E-state index contributed by atoms with van der Waals surface area (Å²) in [6.07, 6.45) is -0.116. The van der Waals surface area contributed by atoms with Gasteiger partial charge in [0.05, 0.1) is 19.6 Å². The monoisotopic (exact) mass is 314 g/mol. The van der Waals surface area contributed by atoms with Crippen LogP contribution >= 0.6 is 11.3 Å². The fraction of sp³-hybridized carbons (Fsp3) is 0.571. The molecule has 0 saturated heterocycles. The molecule has 2 amide bonds. The minimum Gasteiger partial charge on any atom is -0.481 e. The fourth-order valence-corrected chi connectivity index (χ4v) is 2.57. The van der Waals surface area contributed by atoms with Gasteiger partial charge in [-0.15, -0.1) is 11.3 Å². The van der Waals surface area contributed by atoms with Gasteiger partial charge in [-0.3, -0.25) is 4.79 Å². The van der Waals surface area contributed by atoms with Gasteiger partial charge in [-0.1, -0.05) is 19.9 Å². The van der Waals surface area contributed by atoms with Crippen LogP contribution in [0, 0.1) is 5.92 Å². The molecule has 0 aliphatic carbocycles. The van der Waals surface area contributed by atoms with Gasteiger partial charge in [-0.2, -0.15) is 0 Å². The molecule has 0 saturated carbocycles. The zero-order valence-electron chi connectivity index (χ0n) is 12.3. The number of carboxylic acids is 1. The van der Waals surface area contributed by atoms with Crippen molar-refractivity contribution in [2.75, 3.05) is 13.2 Å². The van der Waals surface area contributed by atoms with Crippen LogP contribution in [0.2, 0.25) is 0 Å². The predicted molar refractivity (Wildman–Crippen MR) is 81.2 cm³/mol. The van der Waals surface area contributed by atoms with Crippen molar-refractivity contribution in [2.45, 2.75) is 32.9 Å². The first kappa shape index (κ1) is 17.5. The van der Waals surface area contributed by atoms with Gasteiger partial charge < -0.3 is 20.4 Å². The van der Waals surface area contributed by atoms with Crippen LogP contribution in [0.3, 0.4) is 0 Å². The number of urea groups is 1. The van der Waals surface area contributed by atoms with Gasteiger partial charge in [-0.25, -0.2) is 4.79 Å². The lowest BCUT2D eigenvalue weighted by atomic mass is 10.0. The van der Waals surface area contributed by atoms with Gasteiger partial charge in [0.25, 0.3) is 0 Å². The molecular weight excluding hydrogens is 292 g/mol. The molecule has 0 radical (unpaired) electrons. The highest BCUT2D eigenvalue weighted by atomic mass is 32.1. The second-order valence-electron chi connectivity index (χ2n) is 5.12. The van der Waals surface area contributed by atoms with E-state index in [-0.39, 0.29) is 31.5 Å². The largest absolute Gasteiger partial charge is 0.481 e. The van der Waals surface area contributed by atoms with Crippen LogP contribution in [-0.4, -0.2) is 46.3 Å². The van der Waals surface area contributed by atoms with Gasteiger partial charge in [0.15, 0.2) is 0 Å². The molecule has 0 fully saturated rings. The van der Waals surface area contributed by atoms with Crippen molar-refractivity contribution in [1.29, 1.82) is 0 Å². The summed E-state index contributed by atoms with van der Waals surface area (Å²) in [6, 6.07) is 3.03. The molecule has 0 aliphatic heterocycles. The highest BCUT2D eigenvalue weighted by Crippen LogP contribution is 2.13. The summed E-state index contributed by atoms with van der Waals surface area (Å²) < 4.78 is 0. The smallest absolute Gasteiger partial charge is 0.318 e. The summed E-state index contributed by atoms with van der Waals surface area (Å²) in [7, 11) is 0. The molecule has 1 aromatic rings. The fourth-order valence-electron chi connectivity index (χ4n) is 1.86. The van der Waals surface area contributed by atoms with E-state index >= 15 is 0 Å².